The second-order valence-electron chi connectivity index (χ2n) is 7.60. The summed E-state index contributed by atoms with van der Waals surface area (Å²) in [4.78, 5) is 11.8. The van der Waals surface area contributed by atoms with Crippen LogP contribution in [-0.2, 0) is 16.8 Å². The number of Topliss-reactive ketones (excluding diaryl/α,β-unsaturated/α-hetero) is 1. The molecule has 0 spiro atoms. The van der Waals surface area contributed by atoms with Gasteiger partial charge in [-0.15, -0.1) is 0 Å². The topological polar surface area (TPSA) is 46.5 Å². The van der Waals surface area contributed by atoms with E-state index < -0.39 is 0 Å². The van der Waals surface area contributed by atoms with Crippen molar-refractivity contribution in [2.75, 3.05) is 7.11 Å². The van der Waals surface area contributed by atoms with Crippen LogP contribution in [0.25, 0.3) is 0 Å². The van der Waals surface area contributed by atoms with Gasteiger partial charge in [0, 0.05) is 12.7 Å². The van der Waals surface area contributed by atoms with Crippen LogP contribution in [0.3, 0.4) is 0 Å². The number of phenols is 1. The van der Waals surface area contributed by atoms with Gasteiger partial charge in [-0.3, -0.25) is 4.79 Å². The fourth-order valence-corrected chi connectivity index (χ4v) is 3.04. The molecule has 0 heterocycles. The molecule has 0 atom stereocenters. The summed E-state index contributed by atoms with van der Waals surface area (Å²) >= 11 is 0. The van der Waals surface area contributed by atoms with Gasteiger partial charge < -0.3 is 9.84 Å². The van der Waals surface area contributed by atoms with E-state index >= 15 is 0 Å². The monoisotopic (exact) mass is 306 g/mol. The van der Waals surface area contributed by atoms with Crippen molar-refractivity contribution in [2.24, 2.45) is 5.41 Å². The molecule has 0 saturated carbocycles. The normalized spacial score (nSPS) is 12.5. The Morgan fingerprint density at radius 2 is 1.82 bits per heavy atom. The first-order chi connectivity index (χ1) is 10.0. The maximum Gasteiger partial charge on any atom is 0.163 e. The molecule has 0 fully saturated rings. The average molecular weight is 306 g/mol. The van der Waals surface area contributed by atoms with Crippen LogP contribution >= 0.6 is 0 Å². The number of ether oxygens (including phenoxy) is 1. The Bertz CT molecular complexity index is 542. The van der Waals surface area contributed by atoms with Crippen LogP contribution in [0.2, 0.25) is 0 Å². The van der Waals surface area contributed by atoms with Crippen LogP contribution in [0.5, 0.6) is 5.75 Å². The molecule has 1 aromatic rings. The molecule has 1 aromatic carbocycles. The molecule has 0 bridgehead atoms. The van der Waals surface area contributed by atoms with Gasteiger partial charge in [0.25, 0.3) is 0 Å². The zero-order valence-corrected chi connectivity index (χ0v) is 15.0. The first-order valence-electron chi connectivity index (χ1n) is 7.90. The van der Waals surface area contributed by atoms with Gasteiger partial charge in [-0.1, -0.05) is 41.0 Å². The first kappa shape index (κ1) is 18.7. The third-order valence-corrected chi connectivity index (χ3v) is 4.53. The number of hydrogen-bond donors (Lipinski definition) is 1. The summed E-state index contributed by atoms with van der Waals surface area (Å²) in [6, 6.07) is 3.81. The summed E-state index contributed by atoms with van der Waals surface area (Å²) in [5, 5.41) is 10.3. The van der Waals surface area contributed by atoms with E-state index in [-0.39, 0.29) is 22.4 Å². The Labute approximate surface area is 134 Å². The quantitative estimate of drug-likeness (QED) is 0.733. The lowest BCUT2D eigenvalue weighted by molar-refractivity contribution is 0.101. The SMILES string of the molecule is CCC(C)(C)CC(C)(C)c1cc(COC)c(O)c(C(C)=O)c1. The predicted octanol–water partition coefficient (Wildman–Crippen LogP) is 4.85. The lowest BCUT2D eigenvalue weighted by Gasteiger charge is -2.35. The Hall–Kier alpha value is -1.35. The van der Waals surface area contributed by atoms with E-state index in [1.54, 1.807) is 7.11 Å². The predicted molar refractivity (Wildman–Crippen MR) is 90.5 cm³/mol. The van der Waals surface area contributed by atoms with E-state index in [2.05, 4.69) is 34.6 Å². The van der Waals surface area contributed by atoms with Crippen molar-refractivity contribution >= 4 is 5.78 Å². The smallest absolute Gasteiger partial charge is 0.163 e. The summed E-state index contributed by atoms with van der Waals surface area (Å²) in [7, 11) is 1.59. The lowest BCUT2D eigenvalue weighted by atomic mass is 9.70. The van der Waals surface area contributed by atoms with Crippen molar-refractivity contribution in [3.8, 4) is 5.75 Å². The average Bonchev–Trinajstić information content (AvgIpc) is 2.39. The summed E-state index contributed by atoms with van der Waals surface area (Å²) < 4.78 is 5.16. The van der Waals surface area contributed by atoms with Crippen LogP contribution in [0.1, 0.15) is 75.9 Å². The summed E-state index contributed by atoms with van der Waals surface area (Å²) in [6.07, 6.45) is 2.10. The third kappa shape index (κ3) is 4.33. The minimum absolute atomic E-state index is 0.0450. The van der Waals surface area contributed by atoms with Crippen molar-refractivity contribution in [3.05, 3.63) is 28.8 Å². The highest BCUT2D eigenvalue weighted by atomic mass is 16.5. The number of rotatable bonds is 7. The number of methoxy groups -OCH3 is 1. The lowest BCUT2D eigenvalue weighted by Crippen LogP contribution is -2.27. The molecule has 124 valence electrons. The number of aromatic hydroxyl groups is 1. The van der Waals surface area contributed by atoms with E-state index in [9.17, 15) is 9.90 Å². The minimum atomic E-state index is -0.123. The third-order valence-electron chi connectivity index (χ3n) is 4.53. The van der Waals surface area contributed by atoms with Crippen molar-refractivity contribution in [3.63, 3.8) is 0 Å². The van der Waals surface area contributed by atoms with Crippen LogP contribution in [-0.4, -0.2) is 18.0 Å². The van der Waals surface area contributed by atoms with Crippen molar-refractivity contribution < 1.29 is 14.6 Å². The van der Waals surface area contributed by atoms with E-state index in [4.69, 9.17) is 4.74 Å². The van der Waals surface area contributed by atoms with Crippen LogP contribution < -0.4 is 0 Å². The number of benzene rings is 1. The minimum Gasteiger partial charge on any atom is -0.507 e. The molecule has 22 heavy (non-hydrogen) atoms. The molecule has 0 amide bonds. The fraction of sp³-hybridized carbons (Fsp3) is 0.632. The zero-order chi connectivity index (χ0) is 17.1. The van der Waals surface area contributed by atoms with Crippen LogP contribution in [0.15, 0.2) is 12.1 Å². The van der Waals surface area contributed by atoms with Gasteiger partial charge in [0.2, 0.25) is 0 Å². The number of phenolic OH excluding ortho intramolecular Hbond substituents is 1. The first-order valence-corrected chi connectivity index (χ1v) is 7.90. The van der Waals surface area contributed by atoms with Gasteiger partial charge in [-0.05, 0) is 41.9 Å². The molecule has 3 nitrogen and oxygen atoms in total. The number of carbonyl (C=O) groups is 1. The molecule has 0 unspecified atom stereocenters. The van der Waals surface area contributed by atoms with Gasteiger partial charge in [-0.25, -0.2) is 0 Å². The number of carbonyl (C=O) groups excluding carboxylic acids is 1. The number of hydrogen-bond acceptors (Lipinski definition) is 3. The van der Waals surface area contributed by atoms with Crippen LogP contribution in [0.4, 0.5) is 0 Å². The molecule has 0 aliphatic heterocycles. The van der Waals surface area contributed by atoms with Crippen molar-refractivity contribution in [1.82, 2.24) is 0 Å². The van der Waals surface area contributed by atoms with E-state index in [1.165, 1.54) is 6.92 Å². The van der Waals surface area contributed by atoms with Gasteiger partial charge in [0.1, 0.15) is 5.75 Å². The van der Waals surface area contributed by atoms with E-state index in [0.717, 1.165) is 18.4 Å². The maximum absolute atomic E-state index is 11.8. The highest BCUT2D eigenvalue weighted by molar-refractivity contribution is 5.97. The molecule has 3 heteroatoms. The Kier molecular flexibility index (Phi) is 5.80. The molecule has 1 N–H and O–H groups in total. The fourth-order valence-electron chi connectivity index (χ4n) is 3.04. The Balaban J connectivity index is 3.37. The van der Waals surface area contributed by atoms with Gasteiger partial charge >= 0.3 is 0 Å². The largest absolute Gasteiger partial charge is 0.507 e. The Morgan fingerprint density at radius 3 is 2.27 bits per heavy atom. The standard InChI is InChI=1S/C19H30O3/c1-8-18(3,4)12-19(5,6)15-9-14(11-22-7)17(21)16(10-15)13(2)20/h9-10,21H,8,11-12H2,1-7H3. The second kappa shape index (κ2) is 6.82. The molecule has 0 saturated heterocycles. The van der Waals surface area contributed by atoms with Gasteiger partial charge in [0.05, 0.1) is 12.2 Å². The summed E-state index contributed by atoms with van der Waals surface area (Å²) in [5.41, 5.74) is 2.27. The van der Waals surface area contributed by atoms with E-state index in [0.29, 0.717) is 17.7 Å². The maximum atomic E-state index is 11.8. The highest BCUT2D eigenvalue weighted by Gasteiger charge is 2.30. The van der Waals surface area contributed by atoms with Crippen molar-refractivity contribution in [1.29, 1.82) is 0 Å². The number of ketones is 1. The molecule has 0 aliphatic carbocycles. The Morgan fingerprint density at radius 1 is 1.23 bits per heavy atom. The zero-order valence-electron chi connectivity index (χ0n) is 15.0. The van der Waals surface area contributed by atoms with E-state index in [1.807, 2.05) is 12.1 Å². The highest BCUT2D eigenvalue weighted by Crippen LogP contribution is 2.40. The second-order valence-corrected chi connectivity index (χ2v) is 7.60. The summed E-state index contributed by atoms with van der Waals surface area (Å²) in [5.74, 6) is -0.0779. The molecular weight excluding hydrogens is 276 g/mol. The molecule has 1 rings (SSSR count). The molecular formula is C19H30O3. The van der Waals surface area contributed by atoms with Gasteiger partial charge in [-0.2, -0.15) is 0 Å². The van der Waals surface area contributed by atoms with Gasteiger partial charge in [0.15, 0.2) is 5.78 Å². The van der Waals surface area contributed by atoms with Crippen LogP contribution in [0, 0.1) is 5.41 Å². The molecule has 0 radical (unpaired) electrons. The summed E-state index contributed by atoms with van der Waals surface area (Å²) in [6.45, 7) is 12.9. The molecule has 0 aromatic heterocycles. The molecule has 0 aliphatic rings. The van der Waals surface area contributed by atoms with Crippen molar-refractivity contribution in [2.45, 2.75) is 66.4 Å².